The highest BCUT2D eigenvalue weighted by Crippen LogP contribution is 2.21. The van der Waals surface area contributed by atoms with Crippen molar-refractivity contribution in [3.8, 4) is 0 Å². The van der Waals surface area contributed by atoms with Crippen LogP contribution in [-0.4, -0.2) is 5.37 Å². The van der Waals surface area contributed by atoms with E-state index >= 15 is 0 Å². The van der Waals surface area contributed by atoms with Crippen LogP contribution in [0, 0.1) is 5.92 Å². The molecular weight excluding hydrogens is 202 g/mol. The summed E-state index contributed by atoms with van der Waals surface area (Å²) in [6, 6.07) is 0. The Labute approximate surface area is 101 Å². The Hall–Kier alpha value is -0.110. The van der Waals surface area contributed by atoms with Gasteiger partial charge in [0.25, 0.3) is 0 Å². The van der Waals surface area contributed by atoms with Gasteiger partial charge in [0, 0.05) is 6.20 Å². The summed E-state index contributed by atoms with van der Waals surface area (Å²) < 4.78 is 0. The first-order valence-corrected chi connectivity index (χ1v) is 7.30. The molecule has 1 rings (SSSR count). The summed E-state index contributed by atoms with van der Waals surface area (Å²) in [5.74, 6) is 0.856. The van der Waals surface area contributed by atoms with Gasteiger partial charge in [-0.15, -0.1) is 11.8 Å². The van der Waals surface area contributed by atoms with Crippen LogP contribution in [0.4, 0.5) is 0 Å². The third kappa shape index (κ3) is 11.8. The predicted molar refractivity (Wildman–Crippen MR) is 75.0 cm³/mol. The lowest BCUT2D eigenvalue weighted by atomic mass is 10.1. The van der Waals surface area contributed by atoms with Gasteiger partial charge in [0.05, 0.1) is 5.37 Å². The number of hydrogen-bond donors (Lipinski definition) is 1. The zero-order valence-electron chi connectivity index (χ0n) is 11.3. The fourth-order valence-electron chi connectivity index (χ4n) is 1.18. The van der Waals surface area contributed by atoms with Gasteiger partial charge in [0.2, 0.25) is 0 Å². The topological polar surface area (TPSA) is 12.0 Å². The molecule has 2 heteroatoms. The summed E-state index contributed by atoms with van der Waals surface area (Å²) in [4.78, 5) is 0. The molecule has 0 amide bonds. The molecule has 0 saturated heterocycles. The zero-order valence-corrected chi connectivity index (χ0v) is 12.2. The van der Waals surface area contributed by atoms with Crippen LogP contribution in [0.5, 0.6) is 0 Å². The molecule has 15 heavy (non-hydrogen) atoms. The third-order valence-electron chi connectivity index (χ3n) is 1.84. The first-order chi connectivity index (χ1) is 7.29. The zero-order chi connectivity index (χ0) is 12.1. The fourth-order valence-corrected chi connectivity index (χ4v) is 1.99. The van der Waals surface area contributed by atoms with Crippen LogP contribution >= 0.6 is 11.8 Å². The van der Waals surface area contributed by atoms with E-state index in [0.29, 0.717) is 5.37 Å². The van der Waals surface area contributed by atoms with Gasteiger partial charge in [-0.3, -0.25) is 0 Å². The van der Waals surface area contributed by atoms with Gasteiger partial charge in [-0.1, -0.05) is 54.4 Å². The van der Waals surface area contributed by atoms with Crippen LogP contribution in [0.25, 0.3) is 0 Å². The van der Waals surface area contributed by atoms with Crippen molar-refractivity contribution in [3.05, 3.63) is 11.6 Å². The summed E-state index contributed by atoms with van der Waals surface area (Å²) in [6.45, 7) is 12.6. The molecule has 0 aliphatic carbocycles. The van der Waals surface area contributed by atoms with E-state index in [4.69, 9.17) is 0 Å². The van der Waals surface area contributed by atoms with Crippen molar-refractivity contribution >= 4 is 11.8 Å². The largest absolute Gasteiger partial charge is 0.378 e. The maximum atomic E-state index is 3.31. The maximum absolute atomic E-state index is 3.31. The molecule has 0 bridgehead atoms. The Balaban J connectivity index is 0. The minimum atomic E-state index is 0.661. The molecule has 1 aliphatic rings. The lowest BCUT2D eigenvalue weighted by Gasteiger charge is -2.10. The van der Waals surface area contributed by atoms with Gasteiger partial charge in [-0.2, -0.15) is 0 Å². The maximum Gasteiger partial charge on any atom is 0.0758 e. The first-order valence-electron chi connectivity index (χ1n) is 6.35. The first kappa shape index (κ1) is 17.3. The molecule has 1 heterocycles. The molecule has 0 spiro atoms. The lowest BCUT2D eigenvalue weighted by Crippen LogP contribution is -2.15. The molecule has 0 aromatic rings. The molecule has 1 N–H and O–H groups in total. The second kappa shape index (κ2) is 13.9. The van der Waals surface area contributed by atoms with E-state index in [2.05, 4.69) is 24.6 Å². The van der Waals surface area contributed by atoms with E-state index in [1.807, 2.05) is 45.7 Å². The van der Waals surface area contributed by atoms with Gasteiger partial charge in [-0.25, -0.2) is 0 Å². The molecule has 0 saturated carbocycles. The second-order valence-electron chi connectivity index (χ2n) is 3.42. The van der Waals surface area contributed by atoms with Crippen molar-refractivity contribution in [2.75, 3.05) is 0 Å². The summed E-state index contributed by atoms with van der Waals surface area (Å²) in [5, 5.41) is 6.11. The highest BCUT2D eigenvalue weighted by atomic mass is 32.2. The fraction of sp³-hybridized carbons (Fsp3) is 0.846. The minimum Gasteiger partial charge on any atom is -0.378 e. The van der Waals surface area contributed by atoms with Crippen LogP contribution in [0.15, 0.2) is 11.6 Å². The average Bonchev–Trinajstić information content (AvgIpc) is 2.76. The van der Waals surface area contributed by atoms with Crippen LogP contribution < -0.4 is 5.32 Å². The van der Waals surface area contributed by atoms with Gasteiger partial charge >= 0.3 is 0 Å². The SMILES string of the molecule is CC.CC.CC(C)CCCC1NC=CS1. The quantitative estimate of drug-likeness (QED) is 0.731. The number of hydrogen-bond acceptors (Lipinski definition) is 2. The van der Waals surface area contributed by atoms with E-state index in [1.165, 1.54) is 19.3 Å². The molecule has 1 unspecified atom stereocenters. The third-order valence-corrected chi connectivity index (χ3v) is 2.83. The van der Waals surface area contributed by atoms with Crippen LogP contribution in [-0.2, 0) is 0 Å². The second-order valence-corrected chi connectivity index (χ2v) is 4.53. The summed E-state index contributed by atoms with van der Waals surface area (Å²) in [7, 11) is 0. The Morgan fingerprint density at radius 3 is 2.20 bits per heavy atom. The monoisotopic (exact) mass is 231 g/mol. The Morgan fingerprint density at radius 1 is 1.20 bits per heavy atom. The standard InChI is InChI=1S/C9H17NS.2C2H6/c1-8(2)4-3-5-9-10-6-7-11-9;2*1-2/h6-10H,3-5H2,1-2H3;2*1-2H3. The van der Waals surface area contributed by atoms with Crippen molar-refractivity contribution in [2.45, 2.75) is 66.2 Å². The van der Waals surface area contributed by atoms with E-state index in [0.717, 1.165) is 5.92 Å². The number of thioether (sulfide) groups is 1. The molecule has 0 aromatic carbocycles. The molecule has 92 valence electrons. The molecule has 0 fully saturated rings. The van der Waals surface area contributed by atoms with Crippen molar-refractivity contribution in [3.63, 3.8) is 0 Å². The van der Waals surface area contributed by atoms with Crippen molar-refractivity contribution in [1.82, 2.24) is 5.32 Å². The highest BCUT2D eigenvalue weighted by molar-refractivity contribution is 8.02. The number of nitrogens with one attached hydrogen (secondary N) is 1. The Morgan fingerprint density at radius 2 is 1.80 bits per heavy atom. The predicted octanol–water partition coefficient (Wildman–Crippen LogP) is 5.00. The van der Waals surface area contributed by atoms with E-state index in [-0.39, 0.29) is 0 Å². The lowest BCUT2D eigenvalue weighted by molar-refractivity contribution is 0.525. The van der Waals surface area contributed by atoms with Gasteiger partial charge < -0.3 is 5.32 Å². The molecule has 0 aromatic heterocycles. The molecule has 1 aliphatic heterocycles. The van der Waals surface area contributed by atoms with E-state index in [9.17, 15) is 0 Å². The van der Waals surface area contributed by atoms with Crippen molar-refractivity contribution in [2.24, 2.45) is 5.92 Å². The summed E-state index contributed by atoms with van der Waals surface area (Å²) in [5.41, 5.74) is 0. The van der Waals surface area contributed by atoms with Gasteiger partial charge in [0.15, 0.2) is 0 Å². The Bertz CT molecular complexity index is 124. The molecule has 1 nitrogen and oxygen atoms in total. The van der Waals surface area contributed by atoms with Crippen LogP contribution in [0.1, 0.15) is 60.8 Å². The normalized spacial score (nSPS) is 17.4. The van der Waals surface area contributed by atoms with Crippen molar-refractivity contribution in [1.29, 1.82) is 0 Å². The molecular formula is C13H29NS. The van der Waals surface area contributed by atoms with E-state index in [1.54, 1.807) is 0 Å². The van der Waals surface area contributed by atoms with Crippen LogP contribution in [0.3, 0.4) is 0 Å². The van der Waals surface area contributed by atoms with Gasteiger partial charge in [0.1, 0.15) is 0 Å². The Kier molecular flexibility index (Phi) is 16.0. The van der Waals surface area contributed by atoms with Crippen LogP contribution in [0.2, 0.25) is 0 Å². The summed E-state index contributed by atoms with van der Waals surface area (Å²) in [6.07, 6.45) is 6.06. The average molecular weight is 231 g/mol. The van der Waals surface area contributed by atoms with E-state index < -0.39 is 0 Å². The summed E-state index contributed by atoms with van der Waals surface area (Å²) >= 11 is 1.90. The van der Waals surface area contributed by atoms with Gasteiger partial charge in [-0.05, 0) is 17.7 Å². The minimum absolute atomic E-state index is 0.661. The van der Waals surface area contributed by atoms with Crippen molar-refractivity contribution < 1.29 is 0 Å². The number of rotatable bonds is 4. The highest BCUT2D eigenvalue weighted by Gasteiger charge is 2.08. The molecule has 0 radical (unpaired) electrons. The smallest absolute Gasteiger partial charge is 0.0758 e. The molecule has 1 atom stereocenters.